The molecule has 0 saturated carbocycles. The van der Waals surface area contributed by atoms with Crippen LogP contribution in [0, 0.1) is 0 Å². The van der Waals surface area contributed by atoms with Gasteiger partial charge in [0.1, 0.15) is 11.2 Å². The molecule has 3 aromatic heterocycles. The van der Waals surface area contributed by atoms with E-state index in [0.29, 0.717) is 0 Å². The summed E-state index contributed by atoms with van der Waals surface area (Å²) in [4.78, 5) is 0. The molecule has 0 bridgehead atoms. The first-order chi connectivity index (χ1) is 30.9. The zero-order valence-corrected chi connectivity index (χ0v) is 31.2. The Labute approximate surface area is 342 Å². The third-order valence-electron chi connectivity index (χ3n) is 11.9. The second-order valence-electron chi connectivity index (χ2n) is 14.9. The van der Waals surface area contributed by atoms with Crippen LogP contribution < -0.4 is 0 Å². The lowest BCUT2D eigenvalue weighted by atomic mass is 9.64. The van der Waals surface area contributed by atoms with Gasteiger partial charge in [-0.05, 0) is 82.9 Å². The molecule has 12 rings (SSSR count). The summed E-state index contributed by atoms with van der Waals surface area (Å²) >= 11 is 0. The molecule has 3 nitrogen and oxygen atoms in total. The molecule has 0 amide bonds. The lowest BCUT2D eigenvalue weighted by Gasteiger charge is -2.37. The van der Waals surface area contributed by atoms with Gasteiger partial charge < -0.3 is 13.6 Å². The van der Waals surface area contributed by atoms with Crippen molar-refractivity contribution in [2.24, 2.45) is 0 Å². The lowest BCUT2D eigenvalue weighted by Crippen LogP contribution is -2.31. The van der Waals surface area contributed by atoms with Gasteiger partial charge in [-0.2, -0.15) is 0 Å². The molecular weight excluding hydrogens is 705 g/mol. The third kappa shape index (κ3) is 4.62. The van der Waals surface area contributed by atoms with Gasteiger partial charge in [0.15, 0.2) is 0 Å². The molecule has 0 spiro atoms. The maximum Gasteiger partial charge on any atom is 0.135 e. The van der Waals surface area contributed by atoms with Crippen molar-refractivity contribution >= 4 is 65.6 Å². The monoisotopic (exact) mass is 745 g/mol. The van der Waals surface area contributed by atoms with Gasteiger partial charge in [0.2, 0.25) is 0 Å². The number of para-hydroxylation sites is 3. The predicted molar refractivity (Wildman–Crippen MR) is 241 cm³/mol. The van der Waals surface area contributed by atoms with Crippen LogP contribution in [-0.2, 0) is 5.41 Å². The SMILES string of the molecule is [2H]c1c([2H])c([2H])c(C(c2ccccc2)(c2ccccc2)c2cccc3c2c2ccccc2n3-c2ccc3c(c2)c2ccccc2n3-c2ccc3oc4ccccc4c3c2)c([2H])c1[2H]. The van der Waals surface area contributed by atoms with Crippen LogP contribution in [0.3, 0.4) is 0 Å². The summed E-state index contributed by atoms with van der Waals surface area (Å²) in [7, 11) is 0. The average Bonchev–Trinajstić information content (AvgIpc) is 3.99. The highest BCUT2D eigenvalue weighted by Gasteiger charge is 2.40. The standard InChI is InChI=1S/C55H36N2O/c1-4-17-37(18-5-1)55(38-19-6-2-7-20-38,39-21-8-3-9-22-39)47-26-16-29-51-54(47)44-25-11-14-28-49(44)57(51)40-31-33-50-45(35-40)42-23-10-13-27-48(42)56(50)41-32-34-53-46(36-41)43-24-12-15-30-52(43)58-53/h1-36H/i1D,4D,5D,17D,18D. The first kappa shape index (κ1) is 27.9. The van der Waals surface area contributed by atoms with E-state index in [0.717, 1.165) is 93.6 Å². The molecule has 3 heteroatoms. The molecule has 0 radical (unpaired) electrons. The Morgan fingerprint density at radius 3 is 1.66 bits per heavy atom. The van der Waals surface area contributed by atoms with Crippen molar-refractivity contribution in [1.29, 1.82) is 0 Å². The Bertz CT molecular complexity index is 3740. The first-order valence-electron chi connectivity index (χ1n) is 22.0. The van der Waals surface area contributed by atoms with E-state index < -0.39 is 11.5 Å². The van der Waals surface area contributed by atoms with Crippen LogP contribution in [0.5, 0.6) is 0 Å². The van der Waals surface area contributed by atoms with Crippen molar-refractivity contribution < 1.29 is 11.3 Å². The highest BCUT2D eigenvalue weighted by molar-refractivity contribution is 6.14. The zero-order valence-electron chi connectivity index (χ0n) is 36.2. The molecule has 0 unspecified atom stereocenters. The van der Waals surface area contributed by atoms with Crippen LogP contribution in [0.1, 0.15) is 29.1 Å². The summed E-state index contributed by atoms with van der Waals surface area (Å²) in [5.74, 6) is 0. The van der Waals surface area contributed by atoms with Crippen LogP contribution in [0.25, 0.3) is 76.9 Å². The highest BCUT2D eigenvalue weighted by atomic mass is 16.3. The molecule has 0 aliphatic heterocycles. The Morgan fingerprint density at radius 2 is 0.914 bits per heavy atom. The van der Waals surface area contributed by atoms with Crippen molar-refractivity contribution in [1.82, 2.24) is 9.13 Å². The topological polar surface area (TPSA) is 23.0 Å². The van der Waals surface area contributed by atoms with Gasteiger partial charge in [0, 0.05) is 43.7 Å². The van der Waals surface area contributed by atoms with Gasteiger partial charge in [0.05, 0.1) is 34.3 Å². The van der Waals surface area contributed by atoms with Gasteiger partial charge in [-0.1, -0.05) is 158 Å². The molecule has 0 atom stereocenters. The molecule has 0 aliphatic rings. The number of aromatic nitrogens is 2. The quantitative estimate of drug-likeness (QED) is 0.155. The van der Waals surface area contributed by atoms with E-state index in [-0.39, 0.29) is 29.7 Å². The molecule has 0 N–H and O–H groups in total. The van der Waals surface area contributed by atoms with Crippen molar-refractivity contribution in [3.63, 3.8) is 0 Å². The molecule has 9 aromatic carbocycles. The van der Waals surface area contributed by atoms with Crippen LogP contribution >= 0.6 is 0 Å². The van der Waals surface area contributed by atoms with Crippen molar-refractivity contribution in [2.75, 3.05) is 0 Å². The van der Waals surface area contributed by atoms with Gasteiger partial charge in [-0.25, -0.2) is 0 Å². The van der Waals surface area contributed by atoms with E-state index in [1.165, 1.54) is 0 Å². The van der Waals surface area contributed by atoms with Gasteiger partial charge in [-0.3, -0.25) is 0 Å². The van der Waals surface area contributed by atoms with Crippen LogP contribution in [0.15, 0.2) is 223 Å². The van der Waals surface area contributed by atoms with E-state index in [9.17, 15) is 2.74 Å². The summed E-state index contributed by atoms with van der Waals surface area (Å²) in [6.45, 7) is 0. The minimum Gasteiger partial charge on any atom is -0.456 e. The molecule has 12 aromatic rings. The van der Waals surface area contributed by atoms with Gasteiger partial charge in [0.25, 0.3) is 0 Å². The van der Waals surface area contributed by atoms with Crippen LogP contribution in [-0.4, -0.2) is 9.13 Å². The number of hydrogen-bond donors (Lipinski definition) is 0. The minimum absolute atomic E-state index is 0.200. The normalized spacial score (nSPS) is 13.3. The summed E-state index contributed by atoms with van der Waals surface area (Å²) in [6, 6.07) is 62.4. The fourth-order valence-corrected chi connectivity index (χ4v) is 9.56. The Hall–Kier alpha value is -7.62. The fourth-order valence-electron chi connectivity index (χ4n) is 9.56. The predicted octanol–water partition coefficient (Wildman–Crippen LogP) is 14.2. The number of hydrogen-bond acceptors (Lipinski definition) is 1. The van der Waals surface area contributed by atoms with Crippen molar-refractivity contribution in [2.45, 2.75) is 5.41 Å². The summed E-state index contributed by atoms with van der Waals surface area (Å²) in [5, 5.41) is 6.28. The Morgan fingerprint density at radius 1 is 0.379 bits per heavy atom. The lowest BCUT2D eigenvalue weighted by molar-refractivity contribution is 0.669. The maximum atomic E-state index is 9.54. The highest BCUT2D eigenvalue weighted by Crippen LogP contribution is 2.50. The first-order valence-corrected chi connectivity index (χ1v) is 19.5. The fraction of sp³-hybridized carbons (Fsp3) is 0.0182. The number of furan rings is 1. The van der Waals surface area contributed by atoms with Crippen LogP contribution in [0.2, 0.25) is 0 Å². The van der Waals surface area contributed by atoms with E-state index in [4.69, 9.17) is 8.53 Å². The molecule has 0 aliphatic carbocycles. The van der Waals surface area contributed by atoms with Gasteiger partial charge >= 0.3 is 0 Å². The average molecular weight is 746 g/mol. The molecule has 0 saturated heterocycles. The maximum absolute atomic E-state index is 9.54. The van der Waals surface area contributed by atoms with E-state index in [1.54, 1.807) is 0 Å². The summed E-state index contributed by atoms with van der Waals surface area (Å²) < 4.78 is 56.4. The number of fused-ring (bicyclic) bond motifs is 9. The van der Waals surface area contributed by atoms with E-state index in [1.807, 2.05) is 91.0 Å². The van der Waals surface area contributed by atoms with Crippen molar-refractivity contribution in [3.8, 4) is 11.4 Å². The number of nitrogens with zero attached hydrogens (tertiary/aromatic N) is 2. The second-order valence-corrected chi connectivity index (χ2v) is 14.9. The third-order valence-corrected chi connectivity index (χ3v) is 11.9. The number of benzene rings is 9. The molecule has 0 fully saturated rings. The van der Waals surface area contributed by atoms with E-state index >= 15 is 0 Å². The molecule has 272 valence electrons. The molecule has 58 heavy (non-hydrogen) atoms. The molecular formula is C55H36N2O. The second kappa shape index (κ2) is 12.7. The Kier molecular flexibility index (Phi) is 6.11. The van der Waals surface area contributed by atoms with Crippen LogP contribution in [0.4, 0.5) is 0 Å². The zero-order chi connectivity index (χ0) is 42.6. The largest absolute Gasteiger partial charge is 0.456 e. The summed E-state index contributed by atoms with van der Waals surface area (Å²) in [6.07, 6.45) is 0. The minimum atomic E-state index is -1.33. The van der Waals surface area contributed by atoms with Crippen molar-refractivity contribution in [3.05, 3.63) is 241 Å². The summed E-state index contributed by atoms with van der Waals surface area (Å²) in [5.41, 5.74) is 9.06. The van der Waals surface area contributed by atoms with Gasteiger partial charge in [-0.15, -0.1) is 0 Å². The molecule has 3 heterocycles. The Balaban J connectivity index is 1.16. The number of rotatable bonds is 6. The smallest absolute Gasteiger partial charge is 0.135 e. The van der Waals surface area contributed by atoms with E-state index in [2.05, 4.69) is 106 Å².